The lowest BCUT2D eigenvalue weighted by Gasteiger charge is -2.02. The highest BCUT2D eigenvalue weighted by molar-refractivity contribution is 7.99. The fourth-order valence-electron chi connectivity index (χ4n) is 0.975. The van der Waals surface area contributed by atoms with E-state index in [-0.39, 0.29) is 11.9 Å². The van der Waals surface area contributed by atoms with Gasteiger partial charge in [0, 0.05) is 7.05 Å². The highest BCUT2D eigenvalue weighted by Gasteiger charge is 2.10. The Kier molecular flexibility index (Phi) is 4.75. The number of nitrogens with zero attached hydrogens (tertiary/aromatic N) is 3. The van der Waals surface area contributed by atoms with Gasteiger partial charge in [0.1, 0.15) is 6.61 Å². The molecule has 1 N–H and O–H groups in total. The minimum atomic E-state index is -0.868. The molecule has 0 unspecified atom stereocenters. The van der Waals surface area contributed by atoms with Crippen LogP contribution >= 0.6 is 11.8 Å². The van der Waals surface area contributed by atoms with E-state index in [0.717, 1.165) is 11.8 Å². The Hall–Kier alpha value is -1.08. The van der Waals surface area contributed by atoms with E-state index in [0.29, 0.717) is 17.6 Å². The molecule has 90 valence electrons. The molecule has 0 saturated carbocycles. The van der Waals surface area contributed by atoms with Crippen LogP contribution in [-0.2, 0) is 23.2 Å². The summed E-state index contributed by atoms with van der Waals surface area (Å²) in [6.45, 7) is 4.21. The molecular formula is C9H15N3O3S. The lowest BCUT2D eigenvalue weighted by Crippen LogP contribution is -2.03. The average molecular weight is 245 g/mol. The van der Waals surface area contributed by atoms with Crippen LogP contribution in [0.15, 0.2) is 5.16 Å². The quantitative estimate of drug-likeness (QED) is 0.751. The Morgan fingerprint density at radius 1 is 1.62 bits per heavy atom. The molecule has 0 aromatic carbocycles. The van der Waals surface area contributed by atoms with Gasteiger partial charge in [-0.2, -0.15) is 5.10 Å². The minimum absolute atomic E-state index is 0.0169. The van der Waals surface area contributed by atoms with Crippen molar-refractivity contribution < 1.29 is 14.6 Å². The minimum Gasteiger partial charge on any atom is -0.481 e. The molecule has 7 heteroatoms. The van der Waals surface area contributed by atoms with E-state index in [2.05, 4.69) is 10.1 Å². The molecule has 0 amide bonds. The standard InChI is InChI=1S/C9H15N3O3S/c1-6(2)15-4-7-10-9(12(3)11-7)16-5-8(13)14/h6H,4-5H2,1-3H3,(H,13,14). The number of ether oxygens (including phenoxy) is 1. The number of carbonyl (C=O) groups is 1. The molecule has 0 bridgehead atoms. The van der Waals surface area contributed by atoms with Crippen LogP contribution in [0.3, 0.4) is 0 Å². The maximum Gasteiger partial charge on any atom is 0.313 e. The van der Waals surface area contributed by atoms with Gasteiger partial charge in [-0.3, -0.25) is 4.79 Å². The number of aryl methyl sites for hydroxylation is 1. The molecule has 0 atom stereocenters. The third kappa shape index (κ3) is 4.19. The summed E-state index contributed by atoms with van der Waals surface area (Å²) in [7, 11) is 1.73. The summed E-state index contributed by atoms with van der Waals surface area (Å²) < 4.78 is 6.92. The van der Waals surface area contributed by atoms with Crippen molar-refractivity contribution in [2.24, 2.45) is 7.05 Å². The molecule has 0 saturated heterocycles. The van der Waals surface area contributed by atoms with Crippen LogP contribution in [0.25, 0.3) is 0 Å². The summed E-state index contributed by atoms with van der Waals surface area (Å²) in [5, 5.41) is 13.3. The average Bonchev–Trinajstić information content (AvgIpc) is 2.53. The van der Waals surface area contributed by atoms with Gasteiger partial charge in [-0.25, -0.2) is 9.67 Å². The number of carboxylic acids is 1. The van der Waals surface area contributed by atoms with E-state index < -0.39 is 5.97 Å². The smallest absolute Gasteiger partial charge is 0.313 e. The van der Waals surface area contributed by atoms with Crippen molar-refractivity contribution in [3.05, 3.63) is 5.82 Å². The number of aromatic nitrogens is 3. The van der Waals surface area contributed by atoms with E-state index in [1.54, 1.807) is 11.7 Å². The molecule has 0 aliphatic rings. The van der Waals surface area contributed by atoms with Crippen LogP contribution in [0, 0.1) is 0 Å². The van der Waals surface area contributed by atoms with Crippen molar-refractivity contribution in [3.8, 4) is 0 Å². The fourth-order valence-corrected chi connectivity index (χ4v) is 1.63. The zero-order valence-electron chi connectivity index (χ0n) is 9.51. The summed E-state index contributed by atoms with van der Waals surface area (Å²) >= 11 is 1.14. The normalized spacial score (nSPS) is 11.0. The molecule has 1 rings (SSSR count). The predicted molar refractivity (Wildman–Crippen MR) is 59.3 cm³/mol. The lowest BCUT2D eigenvalue weighted by atomic mass is 10.5. The number of hydrogen-bond donors (Lipinski definition) is 1. The first kappa shape index (κ1) is 13.0. The highest BCUT2D eigenvalue weighted by Crippen LogP contribution is 2.14. The van der Waals surface area contributed by atoms with Crippen LogP contribution in [0.4, 0.5) is 0 Å². The van der Waals surface area contributed by atoms with Crippen molar-refractivity contribution in [2.75, 3.05) is 5.75 Å². The summed E-state index contributed by atoms with van der Waals surface area (Å²) in [5.74, 6) is -0.311. The first-order chi connectivity index (χ1) is 7.49. The Morgan fingerprint density at radius 3 is 2.88 bits per heavy atom. The topological polar surface area (TPSA) is 77.2 Å². The molecule has 16 heavy (non-hydrogen) atoms. The molecule has 0 radical (unpaired) electrons. The van der Waals surface area contributed by atoms with E-state index in [9.17, 15) is 4.79 Å². The van der Waals surface area contributed by atoms with Crippen LogP contribution in [-0.4, -0.2) is 37.7 Å². The first-order valence-electron chi connectivity index (χ1n) is 4.85. The monoisotopic (exact) mass is 245 g/mol. The Balaban J connectivity index is 2.55. The van der Waals surface area contributed by atoms with Gasteiger partial charge in [0.05, 0.1) is 11.9 Å². The maximum absolute atomic E-state index is 10.4. The van der Waals surface area contributed by atoms with E-state index in [1.165, 1.54) is 0 Å². The lowest BCUT2D eigenvalue weighted by molar-refractivity contribution is -0.133. The van der Waals surface area contributed by atoms with Crippen LogP contribution in [0.1, 0.15) is 19.7 Å². The van der Waals surface area contributed by atoms with Crippen LogP contribution in [0.5, 0.6) is 0 Å². The summed E-state index contributed by atoms with van der Waals surface area (Å²) in [6.07, 6.45) is 0.124. The summed E-state index contributed by atoms with van der Waals surface area (Å²) in [6, 6.07) is 0. The Bertz CT molecular complexity index is 365. The highest BCUT2D eigenvalue weighted by atomic mass is 32.2. The largest absolute Gasteiger partial charge is 0.481 e. The molecule has 1 aromatic heterocycles. The molecule has 0 aliphatic heterocycles. The second-order valence-electron chi connectivity index (χ2n) is 3.48. The number of rotatable bonds is 6. The molecule has 0 aliphatic carbocycles. The number of hydrogen-bond acceptors (Lipinski definition) is 5. The number of carboxylic acid groups (broad SMARTS) is 1. The van der Waals surface area contributed by atoms with E-state index in [4.69, 9.17) is 9.84 Å². The van der Waals surface area contributed by atoms with Crippen LogP contribution in [0.2, 0.25) is 0 Å². The third-order valence-electron chi connectivity index (χ3n) is 1.64. The van der Waals surface area contributed by atoms with Gasteiger partial charge < -0.3 is 9.84 Å². The van der Waals surface area contributed by atoms with Crippen molar-refractivity contribution in [3.63, 3.8) is 0 Å². The maximum atomic E-state index is 10.4. The zero-order valence-corrected chi connectivity index (χ0v) is 10.3. The van der Waals surface area contributed by atoms with Crippen molar-refractivity contribution >= 4 is 17.7 Å². The first-order valence-corrected chi connectivity index (χ1v) is 5.83. The summed E-state index contributed by atoms with van der Waals surface area (Å²) in [5.41, 5.74) is 0. The van der Waals surface area contributed by atoms with Gasteiger partial charge >= 0.3 is 5.97 Å². The number of thioether (sulfide) groups is 1. The van der Waals surface area contributed by atoms with Gasteiger partial charge in [-0.05, 0) is 13.8 Å². The predicted octanol–water partition coefficient (Wildman–Crippen LogP) is 0.917. The second-order valence-corrected chi connectivity index (χ2v) is 4.42. The van der Waals surface area contributed by atoms with Gasteiger partial charge in [0.25, 0.3) is 0 Å². The third-order valence-corrected chi connectivity index (χ3v) is 2.64. The van der Waals surface area contributed by atoms with Crippen molar-refractivity contribution in [1.82, 2.24) is 14.8 Å². The molecule has 0 fully saturated rings. The molecular weight excluding hydrogens is 230 g/mol. The van der Waals surface area contributed by atoms with Gasteiger partial charge in [0.2, 0.25) is 0 Å². The van der Waals surface area contributed by atoms with Crippen molar-refractivity contribution in [1.29, 1.82) is 0 Å². The Morgan fingerprint density at radius 2 is 2.31 bits per heavy atom. The molecule has 0 spiro atoms. The SMILES string of the molecule is CC(C)OCc1nc(SCC(=O)O)n(C)n1. The van der Waals surface area contributed by atoms with Crippen molar-refractivity contribution in [2.45, 2.75) is 31.7 Å². The number of aliphatic carboxylic acids is 1. The van der Waals surface area contributed by atoms with E-state index >= 15 is 0 Å². The Labute approximate surface area is 98.0 Å². The molecule has 6 nitrogen and oxygen atoms in total. The second kappa shape index (κ2) is 5.86. The van der Waals surface area contributed by atoms with Gasteiger partial charge in [-0.1, -0.05) is 11.8 Å². The summed E-state index contributed by atoms with van der Waals surface area (Å²) in [4.78, 5) is 14.6. The van der Waals surface area contributed by atoms with Gasteiger partial charge in [0.15, 0.2) is 11.0 Å². The van der Waals surface area contributed by atoms with Crippen LogP contribution < -0.4 is 0 Å². The zero-order chi connectivity index (χ0) is 12.1. The van der Waals surface area contributed by atoms with Gasteiger partial charge in [-0.15, -0.1) is 0 Å². The molecule has 1 heterocycles. The van der Waals surface area contributed by atoms with E-state index in [1.807, 2.05) is 13.8 Å². The fraction of sp³-hybridized carbons (Fsp3) is 0.667. The molecule has 1 aromatic rings.